The maximum absolute atomic E-state index is 12.8. The van der Waals surface area contributed by atoms with Crippen LogP contribution in [-0.4, -0.2) is 68.4 Å². The maximum atomic E-state index is 12.8. The normalized spacial score (nSPS) is 16.5. The van der Waals surface area contributed by atoms with Crippen molar-refractivity contribution in [1.29, 1.82) is 0 Å². The van der Waals surface area contributed by atoms with Crippen molar-refractivity contribution in [2.24, 2.45) is 0 Å². The van der Waals surface area contributed by atoms with Crippen LogP contribution in [0.4, 0.5) is 0 Å². The van der Waals surface area contributed by atoms with Crippen LogP contribution in [-0.2, 0) is 17.8 Å². The van der Waals surface area contributed by atoms with Gasteiger partial charge in [0.05, 0.1) is 5.25 Å². The summed E-state index contributed by atoms with van der Waals surface area (Å²) in [5.41, 5.74) is 1.22. The quantitative estimate of drug-likeness (QED) is 0.684. The topological polar surface area (TPSA) is 54.3 Å². The molecule has 1 amide bonds. The smallest absolute Gasteiger partial charge is 0.235 e. The molecule has 1 aromatic carbocycles. The zero-order valence-corrected chi connectivity index (χ0v) is 17.3. The Kier molecular flexibility index (Phi) is 6.90. The standard InChI is InChI=1S/C20H29N5OS/c1-4-23-11-13-24(14-12-23)19(26)16(3)27-20-22-21-18(25(20)5-2)15-17-9-7-6-8-10-17/h6-10,16H,4-5,11-15H2,1-3H3. The number of thioether (sulfide) groups is 1. The van der Waals surface area contributed by atoms with Gasteiger partial charge in [-0.25, -0.2) is 0 Å². The molecule has 1 aromatic heterocycles. The van der Waals surface area contributed by atoms with Crippen LogP contribution in [0.1, 0.15) is 32.2 Å². The van der Waals surface area contributed by atoms with E-state index < -0.39 is 0 Å². The molecule has 0 bridgehead atoms. The molecule has 1 atom stereocenters. The van der Waals surface area contributed by atoms with Crippen molar-refractivity contribution >= 4 is 17.7 Å². The summed E-state index contributed by atoms with van der Waals surface area (Å²) < 4.78 is 2.12. The number of hydrogen-bond donors (Lipinski definition) is 0. The van der Waals surface area contributed by atoms with Crippen molar-refractivity contribution in [2.75, 3.05) is 32.7 Å². The van der Waals surface area contributed by atoms with E-state index in [1.54, 1.807) is 0 Å². The van der Waals surface area contributed by atoms with Gasteiger partial charge in [0, 0.05) is 39.1 Å². The van der Waals surface area contributed by atoms with E-state index in [0.29, 0.717) is 0 Å². The zero-order chi connectivity index (χ0) is 19.2. The van der Waals surface area contributed by atoms with Crippen LogP contribution >= 0.6 is 11.8 Å². The lowest BCUT2D eigenvalue weighted by molar-refractivity contribution is -0.132. The van der Waals surface area contributed by atoms with Gasteiger partial charge in [-0.2, -0.15) is 0 Å². The van der Waals surface area contributed by atoms with E-state index >= 15 is 0 Å². The molecule has 0 spiro atoms. The molecule has 1 unspecified atom stereocenters. The summed E-state index contributed by atoms with van der Waals surface area (Å²) in [4.78, 5) is 17.2. The summed E-state index contributed by atoms with van der Waals surface area (Å²) in [6.45, 7) is 11.7. The fourth-order valence-corrected chi connectivity index (χ4v) is 4.40. The fraction of sp³-hybridized carbons (Fsp3) is 0.550. The average molecular weight is 388 g/mol. The Morgan fingerprint density at radius 3 is 2.41 bits per heavy atom. The molecule has 0 radical (unpaired) electrons. The number of hydrogen-bond acceptors (Lipinski definition) is 5. The second-order valence-corrected chi connectivity index (χ2v) is 8.13. The van der Waals surface area contributed by atoms with E-state index in [-0.39, 0.29) is 11.2 Å². The molecular weight excluding hydrogens is 358 g/mol. The molecule has 0 saturated carbocycles. The Morgan fingerprint density at radius 1 is 1.07 bits per heavy atom. The summed E-state index contributed by atoms with van der Waals surface area (Å²) in [7, 11) is 0. The molecule has 7 heteroatoms. The molecule has 1 aliphatic rings. The maximum Gasteiger partial charge on any atom is 0.235 e. The van der Waals surface area contributed by atoms with Gasteiger partial charge in [0.2, 0.25) is 5.91 Å². The summed E-state index contributed by atoms with van der Waals surface area (Å²) in [5, 5.41) is 9.44. The molecule has 6 nitrogen and oxygen atoms in total. The molecule has 27 heavy (non-hydrogen) atoms. The highest BCUT2D eigenvalue weighted by Gasteiger charge is 2.26. The van der Waals surface area contributed by atoms with Gasteiger partial charge in [-0.15, -0.1) is 10.2 Å². The summed E-state index contributed by atoms with van der Waals surface area (Å²) >= 11 is 1.52. The molecule has 1 fully saturated rings. The Labute approximate surface area is 165 Å². The van der Waals surface area contributed by atoms with Crippen molar-refractivity contribution < 1.29 is 4.79 Å². The van der Waals surface area contributed by atoms with Crippen LogP contribution < -0.4 is 0 Å². The lowest BCUT2D eigenvalue weighted by Gasteiger charge is -2.35. The average Bonchev–Trinajstić information content (AvgIpc) is 3.09. The van der Waals surface area contributed by atoms with Crippen LogP contribution in [0.25, 0.3) is 0 Å². The monoisotopic (exact) mass is 387 g/mol. The van der Waals surface area contributed by atoms with E-state index in [2.05, 4.69) is 45.6 Å². The summed E-state index contributed by atoms with van der Waals surface area (Å²) in [6, 6.07) is 10.3. The van der Waals surface area contributed by atoms with Crippen LogP contribution in [0.3, 0.4) is 0 Å². The minimum absolute atomic E-state index is 0.155. The van der Waals surface area contributed by atoms with Gasteiger partial charge in [-0.05, 0) is 26.0 Å². The molecule has 0 N–H and O–H groups in total. The van der Waals surface area contributed by atoms with E-state index in [1.165, 1.54) is 17.3 Å². The highest BCUT2D eigenvalue weighted by molar-refractivity contribution is 8.00. The van der Waals surface area contributed by atoms with Crippen molar-refractivity contribution in [3.63, 3.8) is 0 Å². The predicted molar refractivity (Wildman–Crippen MR) is 109 cm³/mol. The van der Waals surface area contributed by atoms with Crippen molar-refractivity contribution in [2.45, 2.75) is 44.1 Å². The Morgan fingerprint density at radius 2 is 1.78 bits per heavy atom. The van der Waals surface area contributed by atoms with Gasteiger partial charge in [0.15, 0.2) is 5.16 Å². The molecule has 2 heterocycles. The minimum Gasteiger partial charge on any atom is -0.339 e. The van der Waals surface area contributed by atoms with E-state index in [1.807, 2.05) is 30.0 Å². The minimum atomic E-state index is -0.155. The number of nitrogens with zero attached hydrogens (tertiary/aromatic N) is 5. The summed E-state index contributed by atoms with van der Waals surface area (Å²) in [5.74, 6) is 1.15. The van der Waals surface area contributed by atoms with Gasteiger partial charge < -0.3 is 14.4 Å². The molecule has 1 aliphatic heterocycles. The van der Waals surface area contributed by atoms with Crippen molar-refractivity contribution in [3.8, 4) is 0 Å². The van der Waals surface area contributed by atoms with Gasteiger partial charge in [-0.1, -0.05) is 49.0 Å². The number of rotatable bonds is 7. The predicted octanol–water partition coefficient (Wildman–Crippen LogP) is 2.53. The zero-order valence-electron chi connectivity index (χ0n) is 16.5. The Hall–Kier alpha value is -1.86. The number of carbonyl (C=O) groups excluding carboxylic acids is 1. The van der Waals surface area contributed by atoms with E-state index in [9.17, 15) is 4.79 Å². The van der Waals surface area contributed by atoms with Crippen LogP contribution in [0.5, 0.6) is 0 Å². The van der Waals surface area contributed by atoms with Gasteiger partial charge in [0.25, 0.3) is 0 Å². The first-order valence-corrected chi connectivity index (χ1v) is 10.6. The molecule has 3 rings (SSSR count). The Balaban J connectivity index is 1.64. The first-order valence-electron chi connectivity index (χ1n) is 9.76. The number of amides is 1. The lowest BCUT2D eigenvalue weighted by Crippen LogP contribution is -2.50. The highest BCUT2D eigenvalue weighted by atomic mass is 32.2. The summed E-state index contributed by atoms with van der Waals surface area (Å²) in [6.07, 6.45) is 0.754. The highest BCUT2D eigenvalue weighted by Crippen LogP contribution is 2.25. The van der Waals surface area contributed by atoms with Gasteiger partial charge in [-0.3, -0.25) is 4.79 Å². The van der Waals surface area contributed by atoms with Crippen LogP contribution in [0.2, 0.25) is 0 Å². The fourth-order valence-electron chi connectivity index (χ4n) is 3.38. The van der Waals surface area contributed by atoms with Crippen LogP contribution in [0.15, 0.2) is 35.5 Å². The second kappa shape index (κ2) is 9.37. The third-order valence-corrected chi connectivity index (χ3v) is 6.14. The van der Waals surface area contributed by atoms with Crippen molar-refractivity contribution in [3.05, 3.63) is 41.7 Å². The van der Waals surface area contributed by atoms with E-state index in [4.69, 9.17) is 0 Å². The van der Waals surface area contributed by atoms with E-state index in [0.717, 1.165) is 56.7 Å². The lowest BCUT2D eigenvalue weighted by atomic mass is 10.1. The molecule has 2 aromatic rings. The molecular formula is C20H29N5OS. The molecule has 1 saturated heterocycles. The SMILES string of the molecule is CCN1CCN(C(=O)C(C)Sc2nnc(Cc3ccccc3)n2CC)CC1. The number of carbonyl (C=O) groups is 1. The molecule has 0 aliphatic carbocycles. The third kappa shape index (κ3) is 4.90. The number of likely N-dealkylation sites (N-methyl/N-ethyl adjacent to an activating group) is 1. The van der Waals surface area contributed by atoms with Gasteiger partial charge >= 0.3 is 0 Å². The first-order chi connectivity index (χ1) is 13.1. The second-order valence-electron chi connectivity index (χ2n) is 6.83. The number of aromatic nitrogens is 3. The van der Waals surface area contributed by atoms with Gasteiger partial charge in [0.1, 0.15) is 5.82 Å². The third-order valence-electron chi connectivity index (χ3n) is 5.08. The van der Waals surface area contributed by atoms with Crippen LogP contribution in [0, 0.1) is 0 Å². The first kappa shape index (κ1) is 19.9. The Bertz CT molecular complexity index is 740. The largest absolute Gasteiger partial charge is 0.339 e. The molecule has 146 valence electrons. The number of benzene rings is 1. The number of piperazine rings is 1. The van der Waals surface area contributed by atoms with Crippen molar-refractivity contribution in [1.82, 2.24) is 24.6 Å².